The maximum Gasteiger partial charge on any atom is 0.346 e. The van der Waals surface area contributed by atoms with Crippen LogP contribution in [-0.2, 0) is 39.8 Å². The molecule has 0 atom stereocenters. The van der Waals surface area contributed by atoms with E-state index in [-0.39, 0.29) is 6.42 Å². The predicted molar refractivity (Wildman–Crippen MR) is 78.2 cm³/mol. The van der Waals surface area contributed by atoms with Gasteiger partial charge < -0.3 is 14.2 Å². The number of rotatable bonds is 6. The molecule has 7 nitrogen and oxygen atoms in total. The molecule has 0 heterocycles. The van der Waals surface area contributed by atoms with Crippen molar-refractivity contribution in [1.29, 1.82) is 0 Å². The van der Waals surface area contributed by atoms with Crippen molar-refractivity contribution in [1.82, 2.24) is 0 Å². The molecular formula is C16H16O7. The van der Waals surface area contributed by atoms with Crippen molar-refractivity contribution >= 4 is 23.7 Å². The Kier molecular flexibility index (Phi) is 6.67. The van der Waals surface area contributed by atoms with Crippen molar-refractivity contribution in [3.63, 3.8) is 0 Å². The Balaban J connectivity index is 3.37. The summed E-state index contributed by atoms with van der Waals surface area (Å²) in [5.41, 5.74) is -0.884. The number of esters is 3. The molecule has 1 rings (SSSR count). The number of hydrogen-bond donors (Lipinski definition) is 0. The summed E-state index contributed by atoms with van der Waals surface area (Å²) >= 11 is 0. The highest BCUT2D eigenvalue weighted by molar-refractivity contribution is 6.29. The zero-order valence-corrected chi connectivity index (χ0v) is 13.0. The summed E-state index contributed by atoms with van der Waals surface area (Å²) in [6.07, 6.45) is -0.192. The Morgan fingerprint density at radius 1 is 0.739 bits per heavy atom. The molecule has 0 radical (unpaired) electrons. The number of carbonyl (C=O) groups excluding carboxylic acids is 4. The average molecular weight is 320 g/mol. The number of hydrogen-bond acceptors (Lipinski definition) is 7. The zero-order chi connectivity index (χ0) is 17.4. The van der Waals surface area contributed by atoms with Gasteiger partial charge >= 0.3 is 17.9 Å². The van der Waals surface area contributed by atoms with Gasteiger partial charge in [-0.1, -0.05) is 30.3 Å². The molecule has 0 aliphatic heterocycles. The van der Waals surface area contributed by atoms with Crippen LogP contribution in [0.5, 0.6) is 0 Å². The fourth-order valence-electron chi connectivity index (χ4n) is 1.82. The SMILES string of the molecule is COC(=O)C(C(=O)Cc1ccccc1)=C(C(=O)OC)C(=O)OC. The third-order valence-corrected chi connectivity index (χ3v) is 2.90. The third-order valence-electron chi connectivity index (χ3n) is 2.90. The molecule has 0 spiro atoms. The van der Waals surface area contributed by atoms with E-state index in [9.17, 15) is 19.2 Å². The molecule has 7 heteroatoms. The molecule has 0 bridgehead atoms. The molecular weight excluding hydrogens is 304 g/mol. The Hall–Kier alpha value is -2.96. The van der Waals surface area contributed by atoms with Gasteiger partial charge in [0, 0.05) is 6.42 Å². The lowest BCUT2D eigenvalue weighted by molar-refractivity contribution is -0.147. The van der Waals surface area contributed by atoms with Crippen molar-refractivity contribution in [3.8, 4) is 0 Å². The summed E-state index contributed by atoms with van der Waals surface area (Å²) in [7, 11) is 3.06. The largest absolute Gasteiger partial charge is 0.465 e. The van der Waals surface area contributed by atoms with Crippen LogP contribution < -0.4 is 0 Å². The van der Waals surface area contributed by atoms with Gasteiger partial charge in [0.15, 0.2) is 11.4 Å². The molecule has 0 fully saturated rings. The highest BCUT2D eigenvalue weighted by Crippen LogP contribution is 2.15. The van der Waals surface area contributed by atoms with Crippen LogP contribution in [0.3, 0.4) is 0 Å². The summed E-state index contributed by atoms with van der Waals surface area (Å²) < 4.78 is 13.4. The van der Waals surface area contributed by atoms with Gasteiger partial charge in [0.2, 0.25) is 0 Å². The summed E-state index contributed by atoms with van der Waals surface area (Å²) in [4.78, 5) is 47.9. The van der Waals surface area contributed by atoms with E-state index < -0.39 is 34.8 Å². The van der Waals surface area contributed by atoms with Gasteiger partial charge in [-0.05, 0) is 5.56 Å². The number of methoxy groups -OCH3 is 3. The van der Waals surface area contributed by atoms with Crippen molar-refractivity contribution in [2.24, 2.45) is 0 Å². The highest BCUT2D eigenvalue weighted by Gasteiger charge is 2.33. The zero-order valence-electron chi connectivity index (χ0n) is 13.0. The number of Topliss-reactive ketones (excluding diaryl/α,β-unsaturated/α-hetero) is 1. The smallest absolute Gasteiger partial charge is 0.346 e. The molecule has 0 amide bonds. The van der Waals surface area contributed by atoms with Crippen molar-refractivity contribution < 1.29 is 33.4 Å². The van der Waals surface area contributed by atoms with Gasteiger partial charge in [-0.3, -0.25) is 4.79 Å². The first-order valence-corrected chi connectivity index (χ1v) is 6.52. The number of ether oxygens (including phenoxy) is 3. The minimum Gasteiger partial charge on any atom is -0.465 e. The second kappa shape index (κ2) is 8.47. The minimum atomic E-state index is -1.15. The monoisotopic (exact) mass is 320 g/mol. The van der Waals surface area contributed by atoms with Crippen LogP contribution in [0.4, 0.5) is 0 Å². The predicted octanol–water partition coefficient (Wildman–Crippen LogP) is 0.614. The Labute approximate surface area is 132 Å². The van der Waals surface area contributed by atoms with Crippen molar-refractivity contribution in [3.05, 3.63) is 47.0 Å². The topological polar surface area (TPSA) is 96.0 Å². The lowest BCUT2D eigenvalue weighted by atomic mass is 9.98. The molecule has 0 saturated heterocycles. The van der Waals surface area contributed by atoms with E-state index in [4.69, 9.17) is 0 Å². The fourth-order valence-corrected chi connectivity index (χ4v) is 1.82. The number of ketones is 1. The van der Waals surface area contributed by atoms with Crippen molar-refractivity contribution in [2.45, 2.75) is 6.42 Å². The maximum absolute atomic E-state index is 12.4. The minimum absolute atomic E-state index is 0.192. The number of carbonyl (C=O) groups is 4. The van der Waals surface area contributed by atoms with Gasteiger partial charge in [0.1, 0.15) is 5.57 Å². The van der Waals surface area contributed by atoms with Crippen LogP contribution in [0.2, 0.25) is 0 Å². The Morgan fingerprint density at radius 2 is 1.17 bits per heavy atom. The first kappa shape index (κ1) is 18.1. The van der Waals surface area contributed by atoms with Crippen LogP contribution in [0, 0.1) is 0 Å². The first-order chi connectivity index (χ1) is 11.0. The average Bonchev–Trinajstić information content (AvgIpc) is 2.58. The Morgan fingerprint density at radius 3 is 1.61 bits per heavy atom. The van der Waals surface area contributed by atoms with Gasteiger partial charge in [-0.25, -0.2) is 14.4 Å². The van der Waals surface area contributed by atoms with Crippen molar-refractivity contribution in [2.75, 3.05) is 21.3 Å². The molecule has 0 aliphatic rings. The molecule has 0 unspecified atom stereocenters. The van der Waals surface area contributed by atoms with Crippen LogP contribution in [0.15, 0.2) is 41.5 Å². The summed E-state index contributed by atoms with van der Waals surface area (Å²) in [5, 5.41) is 0. The van der Waals surface area contributed by atoms with E-state index in [1.165, 1.54) is 0 Å². The van der Waals surface area contributed by atoms with Gasteiger partial charge in [0.25, 0.3) is 0 Å². The Bertz CT molecular complexity index is 626. The summed E-state index contributed by atoms with van der Waals surface area (Å²) in [6.45, 7) is 0. The standard InChI is InChI=1S/C16H16O7/c1-21-14(18)12(13(15(19)22-2)16(20)23-3)11(17)9-10-7-5-4-6-8-10/h4-8H,9H2,1-3H3. The van der Waals surface area contributed by atoms with E-state index in [2.05, 4.69) is 14.2 Å². The maximum atomic E-state index is 12.4. The van der Waals surface area contributed by atoms with Crippen LogP contribution in [0.25, 0.3) is 0 Å². The first-order valence-electron chi connectivity index (χ1n) is 6.52. The fraction of sp³-hybridized carbons (Fsp3) is 0.250. The third kappa shape index (κ3) is 4.50. The molecule has 1 aromatic carbocycles. The molecule has 0 aromatic heterocycles. The second-order valence-corrected chi connectivity index (χ2v) is 4.31. The molecule has 23 heavy (non-hydrogen) atoms. The van der Waals surface area contributed by atoms with E-state index >= 15 is 0 Å². The molecule has 0 N–H and O–H groups in total. The molecule has 0 aliphatic carbocycles. The lowest BCUT2D eigenvalue weighted by Gasteiger charge is -2.10. The number of benzene rings is 1. The van der Waals surface area contributed by atoms with E-state index in [1.807, 2.05) is 0 Å². The van der Waals surface area contributed by atoms with Gasteiger partial charge in [-0.15, -0.1) is 0 Å². The van der Waals surface area contributed by atoms with Gasteiger partial charge in [0.05, 0.1) is 21.3 Å². The quantitative estimate of drug-likeness (QED) is 0.249. The second-order valence-electron chi connectivity index (χ2n) is 4.31. The van der Waals surface area contributed by atoms with E-state index in [0.29, 0.717) is 5.56 Å². The normalized spacial score (nSPS) is 9.52. The van der Waals surface area contributed by atoms with Crippen LogP contribution in [0.1, 0.15) is 5.56 Å². The molecule has 0 saturated carbocycles. The molecule has 1 aromatic rings. The lowest BCUT2D eigenvalue weighted by Crippen LogP contribution is -2.27. The van der Waals surface area contributed by atoms with Gasteiger partial charge in [-0.2, -0.15) is 0 Å². The van der Waals surface area contributed by atoms with Crippen LogP contribution in [-0.4, -0.2) is 45.0 Å². The highest BCUT2D eigenvalue weighted by atomic mass is 16.5. The van der Waals surface area contributed by atoms with E-state index in [0.717, 1.165) is 21.3 Å². The molecule has 122 valence electrons. The van der Waals surface area contributed by atoms with E-state index in [1.54, 1.807) is 30.3 Å². The summed E-state index contributed by atoms with van der Waals surface area (Å²) in [5.74, 6) is -4.18. The van der Waals surface area contributed by atoms with Crippen LogP contribution >= 0.6 is 0 Å². The summed E-state index contributed by atoms with van der Waals surface area (Å²) in [6, 6.07) is 8.53.